The minimum atomic E-state index is -1.79. The molecule has 0 aromatic rings. The summed E-state index contributed by atoms with van der Waals surface area (Å²) < 4.78 is 8.43. The van der Waals surface area contributed by atoms with Gasteiger partial charge in [-0.2, -0.15) is 0 Å². The Bertz CT molecular complexity index is 187. The Morgan fingerprint density at radius 1 is 1.38 bits per heavy atom. The van der Waals surface area contributed by atoms with Crippen LogP contribution in [0.2, 0.25) is 0 Å². The van der Waals surface area contributed by atoms with Gasteiger partial charge in [0.1, 0.15) is 0 Å². The molecule has 0 aromatic heterocycles. The van der Waals surface area contributed by atoms with Gasteiger partial charge < -0.3 is 9.47 Å². The number of ether oxygens (including phenoxy) is 2. The van der Waals surface area contributed by atoms with Gasteiger partial charge in [0.15, 0.2) is 0 Å². The van der Waals surface area contributed by atoms with E-state index >= 15 is 0 Å². The molecule has 76 valence electrons. The predicted octanol–water partition coefficient (Wildman–Crippen LogP) is 2.88. The van der Waals surface area contributed by atoms with E-state index in [-0.39, 0.29) is 5.90 Å². The lowest BCUT2D eigenvalue weighted by atomic mass is 10.2. The zero-order valence-electron chi connectivity index (χ0n) is 6.86. The molecule has 0 aromatic carbocycles. The van der Waals surface area contributed by atoms with Gasteiger partial charge in [0.05, 0.1) is 6.61 Å². The Hall–Kier alpha value is 0.300. The summed E-state index contributed by atoms with van der Waals surface area (Å²) in [5.74, 6) is -0.385. The van der Waals surface area contributed by atoms with E-state index in [4.69, 9.17) is 49.7 Å². The second-order valence-electron chi connectivity index (χ2n) is 2.74. The molecule has 0 amide bonds. The van der Waals surface area contributed by atoms with Crippen molar-refractivity contribution in [3.63, 3.8) is 0 Å². The van der Waals surface area contributed by atoms with E-state index in [9.17, 15) is 0 Å². The van der Waals surface area contributed by atoms with Gasteiger partial charge >= 0.3 is 0 Å². The molecule has 0 radical (unpaired) electrons. The Morgan fingerprint density at radius 3 is 2.54 bits per heavy atom. The summed E-state index contributed by atoms with van der Waals surface area (Å²) in [6.45, 7) is 0.637. The summed E-state index contributed by atoms with van der Waals surface area (Å²) in [5.41, 5.74) is 0. The third-order valence-corrected chi connectivity index (χ3v) is 2.16. The van der Waals surface area contributed by atoms with Gasteiger partial charge in [0, 0.05) is 6.42 Å². The van der Waals surface area contributed by atoms with Gasteiger partial charge in [0.2, 0.25) is 12.2 Å². The van der Waals surface area contributed by atoms with Gasteiger partial charge in [-0.3, -0.25) is 5.41 Å². The van der Waals surface area contributed by atoms with E-state index < -0.39 is 10.1 Å². The highest BCUT2D eigenvalue weighted by atomic mass is 35.6. The average molecular weight is 247 g/mol. The van der Waals surface area contributed by atoms with Crippen LogP contribution in [0.1, 0.15) is 19.3 Å². The number of hydrogen-bond donors (Lipinski definition) is 1. The highest BCUT2D eigenvalue weighted by Crippen LogP contribution is 2.29. The lowest BCUT2D eigenvalue weighted by Crippen LogP contribution is -2.30. The first kappa shape index (κ1) is 11.4. The first-order valence-electron chi connectivity index (χ1n) is 3.94. The summed E-state index contributed by atoms with van der Waals surface area (Å²) in [4.78, 5) is 0. The van der Waals surface area contributed by atoms with Crippen molar-refractivity contribution in [1.82, 2.24) is 0 Å². The number of hydrogen-bond acceptors (Lipinski definition) is 3. The van der Waals surface area contributed by atoms with Crippen molar-refractivity contribution in [2.24, 2.45) is 0 Å². The second kappa shape index (κ2) is 4.69. The summed E-state index contributed by atoms with van der Waals surface area (Å²) in [7, 11) is 0. The molecule has 0 aliphatic carbocycles. The normalized spacial score (nSPS) is 24.1. The van der Waals surface area contributed by atoms with E-state index in [2.05, 4.69) is 0 Å². The van der Waals surface area contributed by atoms with Crippen LogP contribution < -0.4 is 0 Å². The maximum atomic E-state index is 7.28. The molecule has 1 atom stereocenters. The molecule has 0 unspecified atom stereocenters. The van der Waals surface area contributed by atoms with Crippen molar-refractivity contribution >= 4 is 40.7 Å². The third-order valence-electron chi connectivity index (χ3n) is 1.64. The number of rotatable bonds is 1. The first-order chi connectivity index (χ1) is 6.00. The van der Waals surface area contributed by atoms with Crippen LogP contribution in [0.4, 0.5) is 0 Å². The van der Waals surface area contributed by atoms with Gasteiger partial charge in [-0.1, -0.05) is 34.8 Å². The van der Waals surface area contributed by atoms with Crippen molar-refractivity contribution in [2.45, 2.75) is 29.3 Å². The monoisotopic (exact) mass is 245 g/mol. The van der Waals surface area contributed by atoms with Gasteiger partial charge in [-0.05, 0) is 12.8 Å². The van der Waals surface area contributed by atoms with Crippen LogP contribution in [0.15, 0.2) is 0 Å². The van der Waals surface area contributed by atoms with E-state index in [1.165, 1.54) is 0 Å². The highest BCUT2D eigenvalue weighted by Gasteiger charge is 2.31. The fraction of sp³-hybridized carbons (Fsp3) is 0.857. The van der Waals surface area contributed by atoms with Gasteiger partial charge in [-0.25, -0.2) is 0 Å². The molecule has 13 heavy (non-hydrogen) atoms. The Kier molecular flexibility index (Phi) is 4.10. The molecule has 1 N–H and O–H groups in total. The lowest BCUT2D eigenvalue weighted by molar-refractivity contribution is -0.114. The van der Waals surface area contributed by atoms with E-state index in [0.717, 1.165) is 19.3 Å². The maximum absolute atomic E-state index is 7.28. The van der Waals surface area contributed by atoms with Crippen LogP contribution in [-0.2, 0) is 9.47 Å². The molecule has 6 heteroatoms. The zero-order valence-corrected chi connectivity index (χ0v) is 9.12. The van der Waals surface area contributed by atoms with Crippen LogP contribution in [0.3, 0.4) is 0 Å². The van der Waals surface area contributed by atoms with Crippen LogP contribution in [0, 0.1) is 5.41 Å². The van der Waals surface area contributed by atoms with Crippen molar-refractivity contribution in [1.29, 1.82) is 5.41 Å². The van der Waals surface area contributed by atoms with Crippen LogP contribution in [0.5, 0.6) is 0 Å². The van der Waals surface area contributed by atoms with Crippen molar-refractivity contribution < 1.29 is 9.47 Å². The van der Waals surface area contributed by atoms with E-state index in [1.54, 1.807) is 0 Å². The quantitative estimate of drug-likeness (QED) is 0.439. The smallest absolute Gasteiger partial charge is 0.265 e. The second-order valence-corrected chi connectivity index (χ2v) is 5.02. The minimum Gasteiger partial charge on any atom is -0.448 e. The van der Waals surface area contributed by atoms with Crippen LogP contribution in [-0.4, -0.2) is 22.6 Å². The van der Waals surface area contributed by atoms with Crippen molar-refractivity contribution in [3.05, 3.63) is 0 Å². The highest BCUT2D eigenvalue weighted by molar-refractivity contribution is 6.76. The van der Waals surface area contributed by atoms with Crippen LogP contribution >= 0.6 is 34.8 Å². The maximum Gasteiger partial charge on any atom is 0.265 e. The van der Waals surface area contributed by atoms with Crippen molar-refractivity contribution in [2.75, 3.05) is 6.61 Å². The topological polar surface area (TPSA) is 42.3 Å². The van der Waals surface area contributed by atoms with Gasteiger partial charge in [-0.15, -0.1) is 0 Å². The Labute approximate surface area is 91.7 Å². The molecule has 0 saturated carbocycles. The first-order valence-corrected chi connectivity index (χ1v) is 5.07. The summed E-state index contributed by atoms with van der Waals surface area (Å²) in [6, 6.07) is 0. The SMILES string of the molecule is N=C(O[C@H]1CCCCO1)C(Cl)(Cl)Cl. The molecule has 1 aliphatic rings. The van der Waals surface area contributed by atoms with E-state index in [0.29, 0.717) is 6.61 Å². The fourth-order valence-electron chi connectivity index (χ4n) is 1.00. The molecule has 1 fully saturated rings. The summed E-state index contributed by atoms with van der Waals surface area (Å²) in [5, 5.41) is 7.28. The molecular weight excluding hydrogens is 236 g/mol. The molecule has 1 aliphatic heterocycles. The molecule has 1 saturated heterocycles. The molecule has 1 heterocycles. The molecule has 0 bridgehead atoms. The fourth-order valence-corrected chi connectivity index (χ4v) is 1.14. The summed E-state index contributed by atoms with van der Waals surface area (Å²) in [6.07, 6.45) is 2.33. The number of halogens is 3. The average Bonchev–Trinajstić information content (AvgIpc) is 2.04. The molecule has 3 nitrogen and oxygen atoms in total. The molecule has 0 spiro atoms. The Balaban J connectivity index is 2.35. The van der Waals surface area contributed by atoms with Crippen LogP contribution in [0.25, 0.3) is 0 Å². The number of nitrogens with one attached hydrogen (secondary N) is 1. The minimum absolute atomic E-state index is 0.385. The number of alkyl halides is 3. The lowest BCUT2D eigenvalue weighted by Gasteiger charge is -2.25. The standard InChI is InChI=1S/C7H10Cl3NO2/c8-7(9,10)6(11)13-5-3-1-2-4-12-5/h5,11H,1-4H2/t5-/m0/s1. The van der Waals surface area contributed by atoms with Crippen molar-refractivity contribution in [3.8, 4) is 0 Å². The Morgan fingerprint density at radius 2 is 2.08 bits per heavy atom. The predicted molar refractivity (Wildman–Crippen MR) is 52.7 cm³/mol. The molecule has 1 rings (SSSR count). The van der Waals surface area contributed by atoms with E-state index in [1.807, 2.05) is 0 Å². The summed E-state index contributed by atoms with van der Waals surface area (Å²) >= 11 is 16.3. The largest absolute Gasteiger partial charge is 0.448 e. The molecular formula is C7H10Cl3NO2. The third kappa shape index (κ3) is 3.90. The zero-order chi connectivity index (χ0) is 9.90. The van der Waals surface area contributed by atoms with Gasteiger partial charge in [0.25, 0.3) is 3.79 Å².